The molecule has 1 atom stereocenters. The summed E-state index contributed by atoms with van der Waals surface area (Å²) in [5.41, 5.74) is 6.62. The third kappa shape index (κ3) is 2.33. The Morgan fingerprint density at radius 1 is 1.44 bits per heavy atom. The van der Waals surface area contributed by atoms with Crippen LogP contribution in [-0.4, -0.2) is 13.3 Å². The fourth-order valence-corrected chi connectivity index (χ4v) is 3.05. The van der Waals surface area contributed by atoms with E-state index in [1.54, 1.807) is 0 Å². The summed E-state index contributed by atoms with van der Waals surface area (Å²) >= 11 is 0. The molecule has 0 radical (unpaired) electrons. The normalized spacial score (nSPS) is 19.3. The van der Waals surface area contributed by atoms with Crippen LogP contribution in [0.4, 0.5) is 5.69 Å². The van der Waals surface area contributed by atoms with Gasteiger partial charge in [-0.05, 0) is 30.9 Å². The lowest BCUT2D eigenvalue weighted by molar-refractivity contribution is -0.386. The second-order valence-corrected chi connectivity index (χ2v) is 6.77. The first kappa shape index (κ1) is 13.3. The summed E-state index contributed by atoms with van der Waals surface area (Å²) in [5, 5.41) is 11.0. The SMILES string of the molecule is NC1CCCc2cc(S(=O)(=O)Cl)cc([N+](=O)[O-])c21. The van der Waals surface area contributed by atoms with Crippen LogP contribution in [-0.2, 0) is 15.5 Å². The van der Waals surface area contributed by atoms with Crippen LogP contribution in [0.3, 0.4) is 0 Å². The second-order valence-electron chi connectivity index (χ2n) is 4.21. The van der Waals surface area contributed by atoms with Crippen LogP contribution in [0.1, 0.15) is 30.0 Å². The number of rotatable bonds is 2. The van der Waals surface area contributed by atoms with Crippen LogP contribution in [0, 0.1) is 10.1 Å². The Bertz CT molecular complexity index is 615. The van der Waals surface area contributed by atoms with Crippen molar-refractivity contribution in [2.45, 2.75) is 30.2 Å². The Balaban J connectivity index is 2.73. The number of halogens is 1. The van der Waals surface area contributed by atoms with Gasteiger partial charge in [-0.3, -0.25) is 10.1 Å². The van der Waals surface area contributed by atoms with Crippen molar-refractivity contribution in [3.63, 3.8) is 0 Å². The van der Waals surface area contributed by atoms with Gasteiger partial charge in [-0.2, -0.15) is 0 Å². The summed E-state index contributed by atoms with van der Waals surface area (Å²) in [5.74, 6) is 0. The lowest BCUT2D eigenvalue weighted by Crippen LogP contribution is -2.19. The van der Waals surface area contributed by atoms with E-state index in [1.807, 2.05) is 0 Å². The zero-order chi connectivity index (χ0) is 13.5. The molecule has 98 valence electrons. The van der Waals surface area contributed by atoms with Crippen LogP contribution in [0.25, 0.3) is 0 Å². The second kappa shape index (κ2) is 4.49. The molecule has 0 amide bonds. The molecule has 0 fully saturated rings. The number of aryl methyl sites for hydroxylation is 1. The van der Waals surface area contributed by atoms with E-state index in [-0.39, 0.29) is 10.6 Å². The highest BCUT2D eigenvalue weighted by atomic mass is 35.7. The smallest absolute Gasteiger partial charge is 0.275 e. The van der Waals surface area contributed by atoms with Crippen molar-refractivity contribution in [2.24, 2.45) is 5.73 Å². The number of fused-ring (bicyclic) bond motifs is 1. The van der Waals surface area contributed by atoms with Crippen LogP contribution < -0.4 is 5.73 Å². The number of nitro groups is 1. The molecule has 1 aliphatic carbocycles. The van der Waals surface area contributed by atoms with E-state index in [4.69, 9.17) is 16.4 Å². The van der Waals surface area contributed by atoms with Gasteiger partial charge in [-0.25, -0.2) is 8.42 Å². The molecule has 0 aliphatic heterocycles. The fraction of sp³-hybridized carbons (Fsp3) is 0.400. The van der Waals surface area contributed by atoms with Crippen molar-refractivity contribution in [3.05, 3.63) is 33.4 Å². The van der Waals surface area contributed by atoms with Crippen LogP contribution in [0.2, 0.25) is 0 Å². The summed E-state index contributed by atoms with van der Waals surface area (Å²) in [6.07, 6.45) is 2.00. The molecule has 1 aromatic rings. The lowest BCUT2D eigenvalue weighted by Gasteiger charge is -2.22. The molecule has 2 N–H and O–H groups in total. The number of nitrogens with zero attached hydrogens (tertiary/aromatic N) is 1. The molecule has 0 saturated heterocycles. The van der Waals surface area contributed by atoms with Crippen LogP contribution in [0.5, 0.6) is 0 Å². The minimum Gasteiger partial charge on any atom is -0.324 e. The first-order chi connectivity index (χ1) is 8.30. The van der Waals surface area contributed by atoms with Crippen molar-refractivity contribution in [3.8, 4) is 0 Å². The Labute approximate surface area is 108 Å². The van der Waals surface area contributed by atoms with Gasteiger partial charge in [0.1, 0.15) is 0 Å². The molecule has 6 nitrogen and oxygen atoms in total. The minimum atomic E-state index is -3.98. The number of benzene rings is 1. The van der Waals surface area contributed by atoms with Gasteiger partial charge in [0.15, 0.2) is 0 Å². The van der Waals surface area contributed by atoms with Crippen LogP contribution >= 0.6 is 10.7 Å². The third-order valence-electron chi connectivity index (χ3n) is 3.03. The molecule has 1 aliphatic rings. The molecular formula is C10H11ClN2O4S. The standard InChI is InChI=1S/C10H11ClN2O4S/c11-18(16,17)7-4-6-2-1-3-8(12)10(6)9(5-7)13(14)15/h4-5,8H,1-3,12H2. The number of nitrogens with two attached hydrogens (primary N) is 1. The number of nitro benzene ring substituents is 1. The van der Waals surface area contributed by atoms with Gasteiger partial charge in [-0.1, -0.05) is 0 Å². The van der Waals surface area contributed by atoms with E-state index in [2.05, 4.69) is 0 Å². The highest BCUT2D eigenvalue weighted by Crippen LogP contribution is 2.37. The summed E-state index contributed by atoms with van der Waals surface area (Å²) < 4.78 is 22.6. The van der Waals surface area contributed by atoms with Crippen molar-refractivity contribution < 1.29 is 13.3 Å². The fourth-order valence-electron chi connectivity index (χ4n) is 2.25. The molecule has 18 heavy (non-hydrogen) atoms. The van der Waals surface area contributed by atoms with Gasteiger partial charge in [-0.15, -0.1) is 0 Å². The average Bonchev–Trinajstić information content (AvgIpc) is 2.26. The molecule has 0 bridgehead atoms. The molecule has 2 rings (SSSR count). The third-order valence-corrected chi connectivity index (χ3v) is 4.36. The molecule has 1 unspecified atom stereocenters. The van der Waals surface area contributed by atoms with Crippen molar-refractivity contribution in [1.82, 2.24) is 0 Å². The maximum Gasteiger partial charge on any atom is 0.275 e. The summed E-state index contributed by atoms with van der Waals surface area (Å²) in [4.78, 5) is 10.1. The maximum atomic E-state index is 11.3. The Morgan fingerprint density at radius 2 is 2.11 bits per heavy atom. The number of hydrogen-bond acceptors (Lipinski definition) is 5. The predicted molar refractivity (Wildman–Crippen MR) is 66.0 cm³/mol. The Hall–Kier alpha value is -1.18. The molecule has 0 heterocycles. The predicted octanol–water partition coefficient (Wildman–Crippen LogP) is 1.86. The summed E-state index contributed by atoms with van der Waals surface area (Å²) in [6.45, 7) is 0. The highest BCUT2D eigenvalue weighted by molar-refractivity contribution is 8.13. The topological polar surface area (TPSA) is 103 Å². The molecule has 0 aromatic heterocycles. The zero-order valence-electron chi connectivity index (χ0n) is 9.30. The Kier molecular flexibility index (Phi) is 3.31. The largest absolute Gasteiger partial charge is 0.324 e. The summed E-state index contributed by atoms with van der Waals surface area (Å²) in [7, 11) is 1.25. The van der Waals surface area contributed by atoms with Gasteiger partial charge < -0.3 is 5.73 Å². The number of hydrogen-bond donors (Lipinski definition) is 1. The van der Waals surface area contributed by atoms with E-state index < -0.39 is 20.0 Å². The minimum absolute atomic E-state index is 0.247. The molecular weight excluding hydrogens is 280 g/mol. The molecule has 1 aromatic carbocycles. The monoisotopic (exact) mass is 290 g/mol. The van der Waals surface area contributed by atoms with E-state index in [9.17, 15) is 18.5 Å². The van der Waals surface area contributed by atoms with Gasteiger partial charge in [0, 0.05) is 28.4 Å². The van der Waals surface area contributed by atoms with E-state index in [0.717, 1.165) is 12.5 Å². The first-order valence-electron chi connectivity index (χ1n) is 5.32. The van der Waals surface area contributed by atoms with Crippen LogP contribution in [0.15, 0.2) is 17.0 Å². The highest BCUT2D eigenvalue weighted by Gasteiger charge is 2.29. The van der Waals surface area contributed by atoms with Crippen molar-refractivity contribution in [2.75, 3.05) is 0 Å². The van der Waals surface area contributed by atoms with E-state index >= 15 is 0 Å². The first-order valence-corrected chi connectivity index (χ1v) is 7.63. The maximum absolute atomic E-state index is 11.3. The lowest BCUT2D eigenvalue weighted by atomic mass is 9.87. The quantitative estimate of drug-likeness (QED) is 0.508. The van der Waals surface area contributed by atoms with Gasteiger partial charge in [0.05, 0.1) is 9.82 Å². The van der Waals surface area contributed by atoms with Crippen molar-refractivity contribution in [1.29, 1.82) is 0 Å². The molecule has 8 heteroatoms. The zero-order valence-corrected chi connectivity index (χ0v) is 10.9. The average molecular weight is 291 g/mol. The molecule has 0 saturated carbocycles. The van der Waals surface area contributed by atoms with E-state index in [0.29, 0.717) is 24.0 Å². The van der Waals surface area contributed by atoms with Gasteiger partial charge in [0.25, 0.3) is 14.7 Å². The van der Waals surface area contributed by atoms with E-state index in [1.165, 1.54) is 6.07 Å². The Morgan fingerprint density at radius 3 is 2.67 bits per heavy atom. The molecule has 0 spiro atoms. The van der Waals surface area contributed by atoms with Crippen molar-refractivity contribution >= 4 is 25.4 Å². The summed E-state index contributed by atoms with van der Waals surface area (Å²) in [6, 6.07) is 1.93. The van der Waals surface area contributed by atoms with Gasteiger partial charge >= 0.3 is 0 Å². The van der Waals surface area contributed by atoms with Gasteiger partial charge in [0.2, 0.25) is 0 Å².